The molecule has 6 aliphatic carbocycles. The molecule has 6 saturated carbocycles. The van der Waals surface area contributed by atoms with Gasteiger partial charge in [-0.15, -0.1) is 0 Å². The van der Waals surface area contributed by atoms with Crippen molar-refractivity contribution in [3.8, 4) is 0 Å². The van der Waals surface area contributed by atoms with Gasteiger partial charge in [-0.05, 0) is 47.3 Å². The Hall–Kier alpha value is -1.06. The SMILES string of the molecule is O=C(O)[C@@H]1C2[C@H]3C4C5[C@@H]3C([C@H]5[C@H]42)[C@@H]1C(=O)O. The van der Waals surface area contributed by atoms with Crippen LogP contribution in [-0.2, 0) is 9.59 Å². The Labute approximate surface area is 91.6 Å². The second-order valence-corrected chi connectivity index (χ2v) is 6.35. The number of hydrogen-bond donors (Lipinski definition) is 2. The summed E-state index contributed by atoms with van der Waals surface area (Å²) in [7, 11) is 0. The fourth-order valence-electron chi connectivity index (χ4n) is 6.62. The van der Waals surface area contributed by atoms with Crippen LogP contribution >= 0.6 is 0 Å². The van der Waals surface area contributed by atoms with Gasteiger partial charge in [-0.3, -0.25) is 9.59 Å². The van der Waals surface area contributed by atoms with Gasteiger partial charge in [-0.25, -0.2) is 0 Å². The van der Waals surface area contributed by atoms with E-state index in [1.54, 1.807) is 0 Å². The first-order valence-electron chi connectivity index (χ1n) is 6.10. The summed E-state index contributed by atoms with van der Waals surface area (Å²) >= 11 is 0. The summed E-state index contributed by atoms with van der Waals surface area (Å²) in [6.45, 7) is 0. The van der Waals surface area contributed by atoms with Gasteiger partial charge in [0.1, 0.15) is 0 Å². The Balaban J connectivity index is 1.63. The molecule has 0 aliphatic heterocycles. The molecule has 0 aromatic heterocycles. The second-order valence-electron chi connectivity index (χ2n) is 6.35. The van der Waals surface area contributed by atoms with Crippen LogP contribution in [0.2, 0.25) is 0 Å². The van der Waals surface area contributed by atoms with Crippen molar-refractivity contribution in [2.45, 2.75) is 0 Å². The lowest BCUT2D eigenvalue weighted by Gasteiger charge is -2.94. The van der Waals surface area contributed by atoms with E-state index in [1.165, 1.54) is 0 Å². The van der Waals surface area contributed by atoms with Crippen LogP contribution in [0.1, 0.15) is 0 Å². The van der Waals surface area contributed by atoms with Crippen molar-refractivity contribution in [2.75, 3.05) is 0 Å². The van der Waals surface area contributed by atoms with Crippen LogP contribution in [0.4, 0.5) is 0 Å². The van der Waals surface area contributed by atoms with Crippen LogP contribution in [0.25, 0.3) is 0 Å². The lowest BCUT2D eigenvalue weighted by Crippen LogP contribution is -2.93. The van der Waals surface area contributed by atoms with E-state index in [0.29, 0.717) is 23.7 Å². The molecular formula is C12H12O4. The lowest BCUT2D eigenvalue weighted by molar-refractivity contribution is -0.478. The first-order chi connectivity index (χ1) is 7.64. The minimum absolute atomic E-state index is 0.216. The van der Waals surface area contributed by atoms with E-state index in [0.717, 1.165) is 11.8 Å². The molecule has 84 valence electrons. The monoisotopic (exact) mass is 220 g/mol. The van der Waals surface area contributed by atoms with Gasteiger partial charge in [-0.2, -0.15) is 0 Å². The summed E-state index contributed by atoms with van der Waals surface area (Å²) in [5, 5.41) is 18.5. The van der Waals surface area contributed by atoms with Crippen LogP contribution in [0.3, 0.4) is 0 Å². The highest BCUT2D eigenvalue weighted by molar-refractivity contribution is 5.82. The molecule has 2 bridgehead atoms. The zero-order valence-corrected chi connectivity index (χ0v) is 8.48. The molecule has 0 spiro atoms. The maximum absolute atomic E-state index is 11.3. The lowest BCUT2D eigenvalue weighted by atomic mass is 9.09. The van der Waals surface area contributed by atoms with Crippen molar-refractivity contribution >= 4 is 11.9 Å². The minimum Gasteiger partial charge on any atom is -0.481 e. The number of carboxylic acid groups (broad SMARTS) is 2. The number of hydrogen-bond acceptors (Lipinski definition) is 2. The van der Waals surface area contributed by atoms with Crippen LogP contribution < -0.4 is 0 Å². The maximum atomic E-state index is 11.3. The summed E-state index contributed by atoms with van der Waals surface area (Å²) in [4.78, 5) is 22.6. The number of carbonyl (C=O) groups is 2. The Morgan fingerprint density at radius 2 is 0.812 bits per heavy atom. The van der Waals surface area contributed by atoms with E-state index < -0.39 is 23.8 Å². The summed E-state index contributed by atoms with van der Waals surface area (Å²) in [6.07, 6.45) is 0. The Kier molecular flexibility index (Phi) is 0.967. The van der Waals surface area contributed by atoms with E-state index >= 15 is 0 Å². The average Bonchev–Trinajstić information content (AvgIpc) is 2.15. The van der Waals surface area contributed by atoms with Crippen molar-refractivity contribution in [1.82, 2.24) is 0 Å². The smallest absolute Gasteiger partial charge is 0.307 e. The van der Waals surface area contributed by atoms with Gasteiger partial charge in [-0.1, -0.05) is 0 Å². The maximum Gasteiger partial charge on any atom is 0.307 e. The molecule has 4 nitrogen and oxygen atoms in total. The number of carboxylic acids is 2. The zero-order chi connectivity index (χ0) is 10.9. The summed E-state index contributed by atoms with van der Waals surface area (Å²) in [5.74, 6) is 1.56. The van der Waals surface area contributed by atoms with Crippen LogP contribution in [0, 0.1) is 59.2 Å². The quantitative estimate of drug-likeness (QED) is 0.705. The fraction of sp³-hybridized carbons (Fsp3) is 0.833. The number of fused-ring (bicyclic) bond motifs is 1. The molecule has 4 unspecified atom stereocenters. The van der Waals surface area contributed by atoms with Gasteiger partial charge in [0.05, 0.1) is 11.8 Å². The fourth-order valence-corrected chi connectivity index (χ4v) is 6.62. The van der Waals surface area contributed by atoms with Crippen molar-refractivity contribution in [3.63, 3.8) is 0 Å². The molecule has 6 fully saturated rings. The average molecular weight is 220 g/mol. The molecule has 0 aromatic rings. The summed E-state index contributed by atoms with van der Waals surface area (Å²) in [5.41, 5.74) is 0. The van der Waals surface area contributed by atoms with Gasteiger partial charge >= 0.3 is 11.9 Å². The Bertz CT molecular complexity index is 396. The predicted molar refractivity (Wildman–Crippen MR) is 50.2 cm³/mol. The molecule has 4 heteroatoms. The topological polar surface area (TPSA) is 74.6 Å². The minimum atomic E-state index is -0.867. The van der Waals surface area contributed by atoms with Gasteiger partial charge in [0, 0.05) is 0 Å². The summed E-state index contributed by atoms with van der Waals surface area (Å²) < 4.78 is 0. The van der Waals surface area contributed by atoms with E-state index in [2.05, 4.69) is 0 Å². The van der Waals surface area contributed by atoms with Crippen LogP contribution in [-0.4, -0.2) is 22.2 Å². The molecule has 0 amide bonds. The molecule has 0 heterocycles. The standard InChI is InChI=1S/C12H12O4/c13-11(14)9-7-3-1-2-5(3)8(6(2)4(1)7)10(9)12(15)16/h1-10H,(H,13,14)(H,15,16)/t1?,2?,3-,4-,5-,6+,7?,8?,9+,10-/m0/s1. The molecule has 6 rings (SSSR count). The Morgan fingerprint density at radius 1 is 0.562 bits per heavy atom. The third-order valence-corrected chi connectivity index (χ3v) is 6.68. The first-order valence-corrected chi connectivity index (χ1v) is 6.10. The molecule has 10 atom stereocenters. The normalized spacial score (nSPS) is 70.2. The van der Waals surface area contributed by atoms with Crippen molar-refractivity contribution in [1.29, 1.82) is 0 Å². The Morgan fingerprint density at radius 3 is 1.06 bits per heavy atom. The molecule has 0 radical (unpaired) electrons. The van der Waals surface area contributed by atoms with E-state index in [-0.39, 0.29) is 11.8 Å². The third-order valence-electron chi connectivity index (χ3n) is 6.68. The van der Waals surface area contributed by atoms with E-state index in [9.17, 15) is 19.8 Å². The van der Waals surface area contributed by atoms with E-state index in [1.807, 2.05) is 0 Å². The van der Waals surface area contributed by atoms with Gasteiger partial charge in [0.2, 0.25) is 0 Å². The van der Waals surface area contributed by atoms with Crippen molar-refractivity contribution in [2.24, 2.45) is 59.2 Å². The van der Waals surface area contributed by atoms with Crippen LogP contribution in [0.5, 0.6) is 0 Å². The van der Waals surface area contributed by atoms with Gasteiger partial charge in [0.25, 0.3) is 0 Å². The van der Waals surface area contributed by atoms with Crippen molar-refractivity contribution in [3.05, 3.63) is 0 Å². The third kappa shape index (κ3) is 0.466. The number of aliphatic carboxylic acids is 2. The van der Waals surface area contributed by atoms with Crippen LogP contribution in [0.15, 0.2) is 0 Å². The molecule has 6 aliphatic rings. The molecule has 0 aromatic carbocycles. The zero-order valence-electron chi connectivity index (χ0n) is 8.48. The van der Waals surface area contributed by atoms with Crippen molar-refractivity contribution < 1.29 is 19.8 Å². The summed E-state index contributed by atoms with van der Waals surface area (Å²) in [6, 6.07) is 0. The number of rotatable bonds is 2. The predicted octanol–water partition coefficient (Wildman–Crippen LogP) is 0.386. The van der Waals surface area contributed by atoms with Gasteiger partial charge in [0.15, 0.2) is 0 Å². The highest BCUT2D eigenvalue weighted by atomic mass is 16.4. The highest BCUT2D eigenvalue weighted by Crippen LogP contribution is 2.93. The molecule has 16 heavy (non-hydrogen) atoms. The van der Waals surface area contributed by atoms with E-state index in [4.69, 9.17) is 0 Å². The van der Waals surface area contributed by atoms with Gasteiger partial charge < -0.3 is 10.2 Å². The highest BCUT2D eigenvalue weighted by Gasteiger charge is 2.92. The molecule has 2 N–H and O–H groups in total. The molecular weight excluding hydrogens is 208 g/mol. The largest absolute Gasteiger partial charge is 0.481 e. The first kappa shape index (κ1) is 8.09. The second kappa shape index (κ2) is 1.91. The molecule has 0 saturated heterocycles.